The molecular weight excluding hydrogens is 192 g/mol. The first kappa shape index (κ1) is 12.2. The monoisotopic (exact) mass is 212 g/mol. The van der Waals surface area contributed by atoms with Gasteiger partial charge in [0.1, 0.15) is 6.26 Å². The SMILES string of the molecule is CNCCCc1coc(CCCOC)n1. The van der Waals surface area contributed by atoms with Crippen LogP contribution in [0.4, 0.5) is 0 Å². The number of nitrogens with one attached hydrogen (secondary N) is 1. The van der Waals surface area contributed by atoms with Gasteiger partial charge in [0.05, 0.1) is 5.69 Å². The number of aryl methyl sites for hydroxylation is 2. The van der Waals surface area contributed by atoms with Gasteiger partial charge in [0.15, 0.2) is 5.89 Å². The Labute approximate surface area is 91.0 Å². The highest BCUT2D eigenvalue weighted by molar-refractivity contribution is 4.96. The molecule has 0 aliphatic rings. The number of methoxy groups -OCH3 is 1. The zero-order valence-corrected chi connectivity index (χ0v) is 9.58. The largest absolute Gasteiger partial charge is 0.449 e. The van der Waals surface area contributed by atoms with Crippen molar-refractivity contribution >= 4 is 0 Å². The van der Waals surface area contributed by atoms with Crippen LogP contribution in [0.25, 0.3) is 0 Å². The quantitative estimate of drug-likeness (QED) is 0.662. The summed E-state index contributed by atoms with van der Waals surface area (Å²) in [4.78, 5) is 4.40. The van der Waals surface area contributed by atoms with E-state index in [1.165, 1.54) is 0 Å². The van der Waals surface area contributed by atoms with Gasteiger partial charge in [-0.3, -0.25) is 0 Å². The summed E-state index contributed by atoms with van der Waals surface area (Å²) in [6.07, 6.45) is 5.67. The van der Waals surface area contributed by atoms with Crippen LogP contribution in [-0.2, 0) is 17.6 Å². The third-order valence-electron chi connectivity index (χ3n) is 2.20. The molecule has 15 heavy (non-hydrogen) atoms. The Balaban J connectivity index is 2.23. The van der Waals surface area contributed by atoms with E-state index in [-0.39, 0.29) is 0 Å². The summed E-state index contributed by atoms with van der Waals surface area (Å²) >= 11 is 0. The van der Waals surface area contributed by atoms with Crippen LogP contribution in [0.3, 0.4) is 0 Å². The van der Waals surface area contributed by atoms with Crippen molar-refractivity contribution in [3.63, 3.8) is 0 Å². The van der Waals surface area contributed by atoms with Crippen molar-refractivity contribution in [2.75, 3.05) is 27.3 Å². The molecule has 0 saturated carbocycles. The van der Waals surface area contributed by atoms with E-state index in [1.54, 1.807) is 13.4 Å². The number of aromatic nitrogens is 1. The topological polar surface area (TPSA) is 47.3 Å². The lowest BCUT2D eigenvalue weighted by Gasteiger charge is -1.95. The maximum absolute atomic E-state index is 5.35. The van der Waals surface area contributed by atoms with Crippen LogP contribution in [0.15, 0.2) is 10.7 Å². The molecule has 1 N–H and O–H groups in total. The molecular formula is C11H20N2O2. The minimum atomic E-state index is 0.761. The molecule has 0 bridgehead atoms. The minimum absolute atomic E-state index is 0.761. The summed E-state index contributed by atoms with van der Waals surface area (Å²) in [7, 11) is 3.66. The van der Waals surface area contributed by atoms with Crippen LogP contribution in [0.5, 0.6) is 0 Å². The molecule has 0 saturated heterocycles. The van der Waals surface area contributed by atoms with Gasteiger partial charge >= 0.3 is 0 Å². The lowest BCUT2D eigenvalue weighted by atomic mass is 10.2. The first-order chi connectivity index (χ1) is 7.36. The number of rotatable bonds is 8. The van der Waals surface area contributed by atoms with Gasteiger partial charge in [-0.25, -0.2) is 4.98 Å². The lowest BCUT2D eigenvalue weighted by molar-refractivity contribution is 0.193. The molecule has 0 aliphatic carbocycles. The molecule has 0 amide bonds. The van der Waals surface area contributed by atoms with E-state index in [2.05, 4.69) is 10.3 Å². The Morgan fingerprint density at radius 1 is 1.40 bits per heavy atom. The third kappa shape index (κ3) is 4.95. The summed E-state index contributed by atoms with van der Waals surface area (Å²) in [6, 6.07) is 0. The molecule has 1 aromatic rings. The van der Waals surface area contributed by atoms with E-state index in [0.717, 1.165) is 50.4 Å². The van der Waals surface area contributed by atoms with Crippen LogP contribution in [0, 0.1) is 0 Å². The second kappa shape index (κ2) is 7.43. The van der Waals surface area contributed by atoms with Crippen molar-refractivity contribution in [2.45, 2.75) is 25.7 Å². The standard InChI is InChI=1S/C11H20N2O2/c1-12-7-3-5-10-9-15-11(13-10)6-4-8-14-2/h9,12H,3-8H2,1-2H3. The number of oxazole rings is 1. The fourth-order valence-electron chi connectivity index (χ4n) is 1.39. The number of hydrogen-bond donors (Lipinski definition) is 1. The van der Waals surface area contributed by atoms with Crippen LogP contribution in [0.2, 0.25) is 0 Å². The highest BCUT2D eigenvalue weighted by Crippen LogP contribution is 2.06. The Morgan fingerprint density at radius 3 is 3.00 bits per heavy atom. The fourth-order valence-corrected chi connectivity index (χ4v) is 1.39. The second-order valence-corrected chi connectivity index (χ2v) is 3.54. The normalized spacial score (nSPS) is 10.8. The molecule has 1 rings (SSSR count). The highest BCUT2D eigenvalue weighted by atomic mass is 16.5. The Kier molecular flexibility index (Phi) is 6.04. The fraction of sp³-hybridized carbons (Fsp3) is 0.727. The summed E-state index contributed by atoms with van der Waals surface area (Å²) in [5.41, 5.74) is 1.05. The van der Waals surface area contributed by atoms with Crippen LogP contribution >= 0.6 is 0 Å². The predicted molar refractivity (Wildman–Crippen MR) is 58.9 cm³/mol. The molecule has 0 fully saturated rings. The van der Waals surface area contributed by atoms with Crippen LogP contribution in [-0.4, -0.2) is 32.3 Å². The molecule has 0 aromatic carbocycles. The maximum Gasteiger partial charge on any atom is 0.194 e. The van der Waals surface area contributed by atoms with Gasteiger partial charge in [-0.05, 0) is 32.9 Å². The van der Waals surface area contributed by atoms with Gasteiger partial charge in [0, 0.05) is 20.1 Å². The van der Waals surface area contributed by atoms with E-state index in [0.29, 0.717) is 0 Å². The van der Waals surface area contributed by atoms with Gasteiger partial charge in [-0.2, -0.15) is 0 Å². The van der Waals surface area contributed by atoms with Gasteiger partial charge in [0.2, 0.25) is 0 Å². The summed E-state index contributed by atoms with van der Waals surface area (Å²) in [5, 5.41) is 3.11. The van der Waals surface area contributed by atoms with E-state index in [4.69, 9.17) is 9.15 Å². The van der Waals surface area contributed by atoms with Gasteiger partial charge in [-0.15, -0.1) is 0 Å². The Morgan fingerprint density at radius 2 is 2.27 bits per heavy atom. The van der Waals surface area contributed by atoms with Crippen molar-refractivity contribution < 1.29 is 9.15 Å². The molecule has 0 radical (unpaired) electrons. The third-order valence-corrected chi connectivity index (χ3v) is 2.20. The summed E-state index contributed by atoms with van der Waals surface area (Å²) in [6.45, 7) is 1.78. The Hall–Kier alpha value is -0.870. The molecule has 0 aliphatic heterocycles. The first-order valence-corrected chi connectivity index (χ1v) is 5.43. The van der Waals surface area contributed by atoms with Gasteiger partial charge < -0.3 is 14.5 Å². The van der Waals surface area contributed by atoms with Gasteiger partial charge in [-0.1, -0.05) is 0 Å². The van der Waals surface area contributed by atoms with Crippen molar-refractivity contribution in [2.24, 2.45) is 0 Å². The molecule has 0 spiro atoms. The number of hydrogen-bond acceptors (Lipinski definition) is 4. The zero-order chi connectivity index (χ0) is 10.9. The van der Waals surface area contributed by atoms with Crippen molar-refractivity contribution in [3.8, 4) is 0 Å². The van der Waals surface area contributed by atoms with Crippen molar-refractivity contribution in [1.29, 1.82) is 0 Å². The van der Waals surface area contributed by atoms with E-state index in [9.17, 15) is 0 Å². The second-order valence-electron chi connectivity index (χ2n) is 3.54. The highest BCUT2D eigenvalue weighted by Gasteiger charge is 2.03. The lowest BCUT2D eigenvalue weighted by Crippen LogP contribution is -2.08. The average molecular weight is 212 g/mol. The van der Waals surface area contributed by atoms with E-state index >= 15 is 0 Å². The maximum atomic E-state index is 5.35. The molecule has 1 heterocycles. The molecule has 0 unspecified atom stereocenters. The van der Waals surface area contributed by atoms with E-state index < -0.39 is 0 Å². The predicted octanol–water partition coefficient (Wildman–Crippen LogP) is 1.41. The molecule has 0 atom stereocenters. The number of nitrogens with zero attached hydrogens (tertiary/aromatic N) is 1. The summed E-state index contributed by atoms with van der Waals surface area (Å²) < 4.78 is 10.3. The molecule has 86 valence electrons. The van der Waals surface area contributed by atoms with E-state index in [1.807, 2.05) is 7.05 Å². The summed E-state index contributed by atoms with van der Waals surface area (Å²) in [5.74, 6) is 0.825. The molecule has 1 aromatic heterocycles. The van der Waals surface area contributed by atoms with Crippen molar-refractivity contribution in [1.82, 2.24) is 10.3 Å². The average Bonchev–Trinajstić information content (AvgIpc) is 2.67. The minimum Gasteiger partial charge on any atom is -0.449 e. The van der Waals surface area contributed by atoms with Crippen LogP contribution in [0.1, 0.15) is 24.4 Å². The molecule has 4 heteroatoms. The van der Waals surface area contributed by atoms with Gasteiger partial charge in [0.25, 0.3) is 0 Å². The Bertz CT molecular complexity index is 236. The number of ether oxygens (including phenoxy) is 1. The zero-order valence-electron chi connectivity index (χ0n) is 9.58. The van der Waals surface area contributed by atoms with Crippen LogP contribution < -0.4 is 5.32 Å². The smallest absolute Gasteiger partial charge is 0.194 e. The molecule has 4 nitrogen and oxygen atoms in total. The van der Waals surface area contributed by atoms with Crippen molar-refractivity contribution in [3.05, 3.63) is 17.8 Å². The first-order valence-electron chi connectivity index (χ1n) is 5.43.